The van der Waals surface area contributed by atoms with Gasteiger partial charge in [0, 0.05) is 36.5 Å². The molecular formula is C30H36O7. The minimum atomic E-state index is -1.82. The predicted molar refractivity (Wildman–Crippen MR) is 135 cm³/mol. The average Bonchev–Trinajstić information content (AvgIpc) is 3.22. The van der Waals surface area contributed by atoms with E-state index >= 15 is 0 Å². The fourth-order valence-electron chi connectivity index (χ4n) is 7.78. The number of hydrogen-bond acceptors (Lipinski definition) is 7. The van der Waals surface area contributed by atoms with E-state index in [1.807, 2.05) is 57.2 Å². The lowest BCUT2D eigenvalue weighted by Gasteiger charge is -2.50. The lowest BCUT2D eigenvalue weighted by Crippen LogP contribution is -2.61. The van der Waals surface area contributed by atoms with Crippen LogP contribution in [0.4, 0.5) is 0 Å². The van der Waals surface area contributed by atoms with Crippen molar-refractivity contribution in [1.29, 1.82) is 0 Å². The van der Waals surface area contributed by atoms with Gasteiger partial charge in [0.1, 0.15) is 17.8 Å². The Morgan fingerprint density at radius 1 is 1.11 bits per heavy atom. The molecular weight excluding hydrogens is 472 g/mol. The summed E-state index contributed by atoms with van der Waals surface area (Å²) in [6.07, 6.45) is 4.12. The summed E-state index contributed by atoms with van der Waals surface area (Å²) in [7, 11) is 0. The molecule has 0 saturated heterocycles. The Hall–Kier alpha value is -2.77. The van der Waals surface area contributed by atoms with Crippen LogP contribution in [0.5, 0.6) is 0 Å². The molecule has 7 nitrogen and oxygen atoms in total. The van der Waals surface area contributed by atoms with Crippen LogP contribution in [0.25, 0.3) is 0 Å². The molecule has 5 rings (SSSR count). The first-order valence-electron chi connectivity index (χ1n) is 13.0. The van der Waals surface area contributed by atoms with Crippen LogP contribution in [-0.4, -0.2) is 51.3 Å². The Bertz CT molecular complexity index is 1210. The van der Waals surface area contributed by atoms with Gasteiger partial charge >= 0.3 is 11.9 Å². The number of carbonyl (C=O) groups excluding carboxylic acids is 3. The lowest BCUT2D eigenvalue weighted by atomic mass is 9.60. The van der Waals surface area contributed by atoms with Crippen LogP contribution in [0, 0.1) is 29.1 Å². The molecule has 7 atom stereocenters. The van der Waals surface area contributed by atoms with E-state index < -0.39 is 51.7 Å². The van der Waals surface area contributed by atoms with E-state index in [4.69, 9.17) is 9.47 Å². The zero-order valence-corrected chi connectivity index (χ0v) is 22.1. The van der Waals surface area contributed by atoms with Crippen molar-refractivity contribution >= 4 is 17.7 Å². The van der Waals surface area contributed by atoms with E-state index in [0.717, 1.165) is 5.56 Å². The first-order valence-corrected chi connectivity index (χ1v) is 13.0. The molecule has 0 radical (unpaired) electrons. The molecule has 0 bridgehead atoms. The molecule has 2 N–H and O–H groups in total. The molecule has 37 heavy (non-hydrogen) atoms. The molecule has 1 unspecified atom stereocenters. The second-order valence-corrected chi connectivity index (χ2v) is 12.1. The molecule has 0 spiro atoms. The number of fused-ring (bicyclic) bond motifs is 5. The summed E-state index contributed by atoms with van der Waals surface area (Å²) in [6, 6.07) is 9.44. The SMILES string of the molecule is CC(=O)OCC1=C[C@H]2[C@@H]3C(C)(C)[C@]3(OC(=O)Cc3ccccc3)C[C@@H](C)[C@]2(O)C2C=C(C)C(=O)[C@@]2(O)C1. The van der Waals surface area contributed by atoms with Gasteiger partial charge in [0.25, 0.3) is 0 Å². The monoisotopic (exact) mass is 508 g/mol. The number of ketones is 1. The first-order chi connectivity index (χ1) is 17.3. The quantitative estimate of drug-likeness (QED) is 0.464. The smallest absolute Gasteiger partial charge is 0.310 e. The molecule has 4 aliphatic carbocycles. The van der Waals surface area contributed by atoms with Crippen LogP contribution in [0.15, 0.2) is 53.6 Å². The van der Waals surface area contributed by atoms with Gasteiger partial charge < -0.3 is 19.7 Å². The predicted octanol–water partition coefficient (Wildman–Crippen LogP) is 3.32. The van der Waals surface area contributed by atoms with Gasteiger partial charge in [0.2, 0.25) is 0 Å². The zero-order chi connectivity index (χ0) is 27.0. The summed E-state index contributed by atoms with van der Waals surface area (Å²) in [5, 5.41) is 24.2. The molecule has 198 valence electrons. The average molecular weight is 509 g/mol. The summed E-state index contributed by atoms with van der Waals surface area (Å²) in [5.41, 5.74) is -2.64. The van der Waals surface area contributed by atoms with Crippen LogP contribution in [0.1, 0.15) is 53.0 Å². The van der Waals surface area contributed by atoms with Gasteiger partial charge in [-0.05, 0) is 36.0 Å². The maximum atomic E-state index is 13.2. The summed E-state index contributed by atoms with van der Waals surface area (Å²) in [5.74, 6) is -3.17. The molecule has 0 amide bonds. The van der Waals surface area contributed by atoms with E-state index in [0.29, 0.717) is 17.6 Å². The molecule has 1 aromatic carbocycles. The molecule has 1 aromatic rings. The Balaban J connectivity index is 1.54. The van der Waals surface area contributed by atoms with E-state index in [9.17, 15) is 24.6 Å². The van der Waals surface area contributed by atoms with Crippen molar-refractivity contribution in [2.45, 2.75) is 70.7 Å². The number of ether oxygens (including phenoxy) is 2. The van der Waals surface area contributed by atoms with E-state index in [-0.39, 0.29) is 31.3 Å². The fraction of sp³-hybridized carbons (Fsp3) is 0.567. The topological polar surface area (TPSA) is 110 Å². The van der Waals surface area contributed by atoms with Crippen LogP contribution in [-0.2, 0) is 30.3 Å². The number of benzene rings is 1. The third-order valence-electron chi connectivity index (χ3n) is 9.62. The number of hydrogen-bond donors (Lipinski definition) is 2. The van der Waals surface area contributed by atoms with E-state index in [1.54, 1.807) is 13.0 Å². The van der Waals surface area contributed by atoms with Gasteiger partial charge in [0.05, 0.1) is 12.0 Å². The minimum Gasteiger partial charge on any atom is -0.461 e. The van der Waals surface area contributed by atoms with Crippen LogP contribution < -0.4 is 0 Å². The Morgan fingerprint density at radius 2 is 1.78 bits per heavy atom. The van der Waals surface area contributed by atoms with Crippen molar-refractivity contribution in [3.05, 3.63) is 59.2 Å². The second-order valence-electron chi connectivity index (χ2n) is 12.1. The van der Waals surface area contributed by atoms with Crippen molar-refractivity contribution < 1.29 is 34.1 Å². The van der Waals surface area contributed by atoms with Crippen molar-refractivity contribution in [2.75, 3.05) is 6.61 Å². The van der Waals surface area contributed by atoms with Crippen molar-refractivity contribution in [1.82, 2.24) is 0 Å². The Labute approximate surface area is 217 Å². The molecule has 7 heteroatoms. The number of rotatable bonds is 5. The molecule has 0 aromatic heterocycles. The number of aliphatic hydroxyl groups is 2. The largest absolute Gasteiger partial charge is 0.461 e. The summed E-state index contributed by atoms with van der Waals surface area (Å²) >= 11 is 0. The third-order valence-corrected chi connectivity index (χ3v) is 9.62. The number of Topliss-reactive ketones (excluding diaryl/α,β-unsaturated/α-hetero) is 1. The van der Waals surface area contributed by atoms with Gasteiger partial charge in [-0.1, -0.05) is 63.3 Å². The fourth-order valence-corrected chi connectivity index (χ4v) is 7.78. The van der Waals surface area contributed by atoms with Crippen LogP contribution in [0.3, 0.4) is 0 Å². The lowest BCUT2D eigenvalue weighted by molar-refractivity contribution is -0.186. The van der Waals surface area contributed by atoms with Crippen molar-refractivity contribution in [2.24, 2.45) is 29.1 Å². The van der Waals surface area contributed by atoms with Crippen LogP contribution in [0.2, 0.25) is 0 Å². The Morgan fingerprint density at radius 3 is 2.43 bits per heavy atom. The van der Waals surface area contributed by atoms with E-state index in [1.165, 1.54) is 6.92 Å². The highest BCUT2D eigenvalue weighted by Gasteiger charge is 2.83. The summed E-state index contributed by atoms with van der Waals surface area (Å²) in [6.45, 7) is 8.88. The van der Waals surface area contributed by atoms with Gasteiger partial charge in [-0.2, -0.15) is 0 Å². The van der Waals surface area contributed by atoms with Crippen LogP contribution >= 0.6 is 0 Å². The highest BCUT2D eigenvalue weighted by Crippen LogP contribution is 2.76. The number of carbonyl (C=O) groups is 3. The highest BCUT2D eigenvalue weighted by atomic mass is 16.6. The maximum absolute atomic E-state index is 13.2. The standard InChI is InChI=1S/C30H36O7/c1-17-11-23-28(34,26(17)33)15-21(16-36-19(3)31)12-22-25-27(4,5)29(25,14-18(2)30(22,23)35)37-24(32)13-20-9-7-6-8-10-20/h6-12,18,22-23,25,34-35H,13-16H2,1-5H3/t18-,22+,23?,25-,28-,29+,30-/m1/s1. The Kier molecular flexibility index (Phi) is 5.85. The van der Waals surface area contributed by atoms with Gasteiger partial charge in [-0.25, -0.2) is 0 Å². The van der Waals surface area contributed by atoms with Gasteiger partial charge in [-0.15, -0.1) is 0 Å². The molecule has 2 fully saturated rings. The molecule has 4 aliphatic rings. The summed E-state index contributed by atoms with van der Waals surface area (Å²) < 4.78 is 11.6. The molecule has 2 saturated carbocycles. The minimum absolute atomic E-state index is 0.0307. The van der Waals surface area contributed by atoms with Crippen molar-refractivity contribution in [3.8, 4) is 0 Å². The highest BCUT2D eigenvalue weighted by molar-refractivity contribution is 6.04. The first kappa shape index (κ1) is 25.9. The molecule has 0 heterocycles. The number of esters is 2. The van der Waals surface area contributed by atoms with Crippen molar-refractivity contribution in [3.63, 3.8) is 0 Å². The van der Waals surface area contributed by atoms with Gasteiger partial charge in [-0.3, -0.25) is 14.4 Å². The van der Waals surface area contributed by atoms with E-state index in [2.05, 4.69) is 0 Å². The second kappa shape index (κ2) is 8.37. The maximum Gasteiger partial charge on any atom is 0.310 e. The third kappa shape index (κ3) is 3.65. The summed E-state index contributed by atoms with van der Waals surface area (Å²) in [4.78, 5) is 37.9. The molecule has 0 aliphatic heterocycles. The normalized spacial score (nSPS) is 39.3. The zero-order valence-electron chi connectivity index (χ0n) is 22.1. The van der Waals surface area contributed by atoms with Gasteiger partial charge in [0.15, 0.2) is 5.78 Å².